The van der Waals surface area contributed by atoms with Crippen LogP contribution in [0.4, 0.5) is 0 Å². The number of pyridine rings is 1. The number of halogens is 2. The van der Waals surface area contributed by atoms with E-state index in [1.165, 1.54) is 18.5 Å². The van der Waals surface area contributed by atoms with Crippen molar-refractivity contribution in [3.8, 4) is 33.9 Å². The number of aryl methyl sites for hydroxylation is 1. The van der Waals surface area contributed by atoms with E-state index in [0.29, 0.717) is 21.5 Å². The Balaban J connectivity index is 1.28. The van der Waals surface area contributed by atoms with Crippen LogP contribution in [-0.4, -0.2) is 25.6 Å². The molecule has 5 rings (SSSR count). The van der Waals surface area contributed by atoms with Crippen LogP contribution in [0.3, 0.4) is 0 Å². The molecule has 0 radical (unpaired) electrons. The fourth-order valence-corrected chi connectivity index (χ4v) is 4.55. The summed E-state index contributed by atoms with van der Waals surface area (Å²) < 4.78 is 7.83. The Hall–Kier alpha value is -4.39. The van der Waals surface area contributed by atoms with Gasteiger partial charge in [0.1, 0.15) is 17.3 Å². The van der Waals surface area contributed by atoms with E-state index < -0.39 is 5.97 Å². The summed E-state index contributed by atoms with van der Waals surface area (Å²) in [6, 6.07) is 22.7. The van der Waals surface area contributed by atoms with Crippen LogP contribution in [0.2, 0.25) is 10.0 Å². The van der Waals surface area contributed by atoms with Crippen molar-refractivity contribution in [3.63, 3.8) is 0 Å². The number of carboxylic acids is 1. The maximum Gasteiger partial charge on any atom is 0.337 e. The molecule has 39 heavy (non-hydrogen) atoms. The summed E-state index contributed by atoms with van der Waals surface area (Å²) in [6.45, 7) is 2.85. The van der Waals surface area contributed by atoms with Gasteiger partial charge in [-0.1, -0.05) is 65.7 Å². The lowest BCUT2D eigenvalue weighted by atomic mass is 10.0. The van der Waals surface area contributed by atoms with E-state index in [-0.39, 0.29) is 5.56 Å². The maximum atomic E-state index is 11.1. The molecule has 3 aromatic carbocycles. The molecule has 0 saturated heterocycles. The highest BCUT2D eigenvalue weighted by Crippen LogP contribution is 2.30. The first-order chi connectivity index (χ1) is 18.9. The normalized spacial score (nSPS) is 11.2. The van der Waals surface area contributed by atoms with Gasteiger partial charge in [0.05, 0.1) is 22.5 Å². The predicted octanol–water partition coefficient (Wildman–Crippen LogP) is 8.60. The molecule has 1 N–H and O–H groups in total. The van der Waals surface area contributed by atoms with Gasteiger partial charge in [-0.05, 0) is 66.1 Å². The monoisotopic (exact) mass is 555 g/mol. The standard InChI is InChI=1S/C31H23Cl2N3O3/c1-2-36-19-29(27-13-10-24(32)16-28(27)33)35-30(36)14-5-20-3-6-21(7-4-20)22-8-11-25(12-9-22)39-26-15-23(31(37)38)17-34-18-26/h3-19H,2H2,1H3,(H,37,38). The minimum absolute atomic E-state index is 0.0725. The number of imidazole rings is 1. The second kappa shape index (κ2) is 11.6. The first-order valence-electron chi connectivity index (χ1n) is 12.2. The quantitative estimate of drug-likeness (QED) is 0.207. The molecule has 5 aromatic rings. The Bertz CT molecular complexity index is 1660. The SMILES string of the molecule is CCn1cc(-c2ccc(Cl)cc2Cl)nc1C=Cc1ccc(-c2ccc(Oc3cncc(C(=O)O)c3)cc2)cc1. The topological polar surface area (TPSA) is 77.2 Å². The third-order valence-corrected chi connectivity index (χ3v) is 6.62. The lowest BCUT2D eigenvalue weighted by Crippen LogP contribution is -1.97. The summed E-state index contributed by atoms with van der Waals surface area (Å²) in [4.78, 5) is 19.8. The summed E-state index contributed by atoms with van der Waals surface area (Å²) in [7, 11) is 0. The summed E-state index contributed by atoms with van der Waals surface area (Å²) in [5, 5.41) is 10.3. The molecular formula is C31H23Cl2N3O3. The zero-order valence-electron chi connectivity index (χ0n) is 20.9. The number of nitrogens with zero attached hydrogens (tertiary/aromatic N) is 3. The number of hydrogen-bond donors (Lipinski definition) is 1. The van der Waals surface area contributed by atoms with Crippen LogP contribution in [0.25, 0.3) is 34.5 Å². The first-order valence-corrected chi connectivity index (χ1v) is 12.9. The fourth-order valence-electron chi connectivity index (χ4n) is 4.04. The molecule has 0 aliphatic heterocycles. The lowest BCUT2D eigenvalue weighted by molar-refractivity contribution is 0.0696. The average molecular weight is 556 g/mol. The van der Waals surface area contributed by atoms with E-state index in [9.17, 15) is 4.79 Å². The number of carboxylic acid groups (broad SMARTS) is 1. The Morgan fingerprint density at radius 1 is 0.923 bits per heavy atom. The smallest absolute Gasteiger partial charge is 0.337 e. The van der Waals surface area contributed by atoms with Gasteiger partial charge in [-0.25, -0.2) is 9.78 Å². The summed E-state index contributed by atoms with van der Waals surface area (Å²) in [5.41, 5.74) is 4.84. The molecule has 0 aliphatic carbocycles. The zero-order chi connectivity index (χ0) is 27.4. The highest BCUT2D eigenvalue weighted by Gasteiger charge is 2.11. The maximum absolute atomic E-state index is 11.1. The second-order valence-electron chi connectivity index (χ2n) is 8.69. The molecule has 2 aromatic heterocycles. The lowest BCUT2D eigenvalue weighted by Gasteiger charge is -2.08. The van der Waals surface area contributed by atoms with Crippen molar-refractivity contribution in [2.24, 2.45) is 0 Å². The minimum atomic E-state index is -1.05. The van der Waals surface area contributed by atoms with E-state index in [0.717, 1.165) is 40.3 Å². The van der Waals surface area contributed by atoms with Crippen LogP contribution in [0.15, 0.2) is 91.4 Å². The number of rotatable bonds is 8. The average Bonchev–Trinajstić information content (AvgIpc) is 3.36. The van der Waals surface area contributed by atoms with Crippen LogP contribution < -0.4 is 4.74 Å². The molecule has 0 spiro atoms. The van der Waals surface area contributed by atoms with Gasteiger partial charge in [-0.15, -0.1) is 0 Å². The highest BCUT2D eigenvalue weighted by molar-refractivity contribution is 6.36. The van der Waals surface area contributed by atoms with Crippen molar-refractivity contribution in [3.05, 3.63) is 118 Å². The predicted molar refractivity (Wildman–Crippen MR) is 155 cm³/mol. The van der Waals surface area contributed by atoms with Gasteiger partial charge in [-0.2, -0.15) is 0 Å². The van der Waals surface area contributed by atoms with E-state index in [4.69, 9.17) is 38.0 Å². The summed E-state index contributed by atoms with van der Waals surface area (Å²) in [5.74, 6) is 0.742. The molecule has 0 saturated carbocycles. The first kappa shape index (κ1) is 26.2. The van der Waals surface area contributed by atoms with E-state index in [1.807, 2.05) is 54.7 Å². The fraction of sp³-hybridized carbons (Fsp3) is 0.0645. The number of aromatic nitrogens is 3. The van der Waals surface area contributed by atoms with E-state index >= 15 is 0 Å². The van der Waals surface area contributed by atoms with E-state index in [1.54, 1.807) is 6.07 Å². The Morgan fingerprint density at radius 2 is 1.64 bits per heavy atom. The second-order valence-corrected chi connectivity index (χ2v) is 9.53. The van der Waals surface area contributed by atoms with Gasteiger partial charge in [-0.3, -0.25) is 4.98 Å². The van der Waals surface area contributed by atoms with Crippen LogP contribution in [0.1, 0.15) is 28.7 Å². The largest absolute Gasteiger partial charge is 0.478 e. The Kier molecular flexibility index (Phi) is 7.77. The van der Waals surface area contributed by atoms with E-state index in [2.05, 4.69) is 40.7 Å². The number of carbonyl (C=O) groups is 1. The van der Waals surface area contributed by atoms with Crippen LogP contribution in [0, 0.1) is 0 Å². The van der Waals surface area contributed by atoms with Gasteiger partial charge >= 0.3 is 5.97 Å². The number of hydrogen-bond acceptors (Lipinski definition) is 4. The van der Waals surface area contributed by atoms with Gasteiger partial charge in [0, 0.05) is 29.5 Å². The van der Waals surface area contributed by atoms with Crippen LogP contribution in [-0.2, 0) is 6.54 Å². The molecule has 0 unspecified atom stereocenters. The molecule has 0 fully saturated rings. The summed E-state index contributed by atoms with van der Waals surface area (Å²) >= 11 is 12.4. The molecule has 0 atom stereocenters. The third-order valence-electron chi connectivity index (χ3n) is 6.07. The third kappa shape index (κ3) is 6.20. The van der Waals surface area contributed by atoms with Gasteiger partial charge < -0.3 is 14.4 Å². The number of ether oxygens (including phenoxy) is 1. The van der Waals surface area contributed by atoms with Crippen LogP contribution >= 0.6 is 23.2 Å². The van der Waals surface area contributed by atoms with Crippen molar-refractivity contribution in [1.82, 2.24) is 14.5 Å². The van der Waals surface area contributed by atoms with Gasteiger partial charge in [0.2, 0.25) is 0 Å². The van der Waals surface area contributed by atoms with Crippen molar-refractivity contribution in [1.29, 1.82) is 0 Å². The number of aromatic carboxylic acids is 1. The Labute approximate surface area is 235 Å². The minimum Gasteiger partial charge on any atom is -0.478 e. The zero-order valence-corrected chi connectivity index (χ0v) is 22.4. The van der Waals surface area contributed by atoms with Crippen molar-refractivity contribution >= 4 is 41.3 Å². The molecule has 0 aliphatic rings. The van der Waals surface area contributed by atoms with Gasteiger partial charge in [0.25, 0.3) is 0 Å². The molecule has 6 nitrogen and oxygen atoms in total. The van der Waals surface area contributed by atoms with Crippen molar-refractivity contribution in [2.45, 2.75) is 13.5 Å². The molecule has 194 valence electrons. The molecule has 2 heterocycles. The highest BCUT2D eigenvalue weighted by atomic mass is 35.5. The molecule has 8 heteroatoms. The molecule has 0 amide bonds. The number of benzene rings is 3. The van der Waals surface area contributed by atoms with Crippen LogP contribution in [0.5, 0.6) is 11.5 Å². The van der Waals surface area contributed by atoms with Crippen molar-refractivity contribution in [2.75, 3.05) is 0 Å². The van der Waals surface area contributed by atoms with Gasteiger partial charge in [0.15, 0.2) is 0 Å². The molecule has 0 bridgehead atoms. The Morgan fingerprint density at radius 3 is 2.31 bits per heavy atom. The van der Waals surface area contributed by atoms with Crippen molar-refractivity contribution < 1.29 is 14.6 Å². The summed E-state index contributed by atoms with van der Waals surface area (Å²) in [6.07, 6.45) is 8.77. The molecular weight excluding hydrogens is 533 g/mol.